The first kappa shape index (κ1) is 17.2. The van der Waals surface area contributed by atoms with E-state index in [1.54, 1.807) is 0 Å². The Morgan fingerprint density at radius 1 is 1.24 bits per heavy atom. The van der Waals surface area contributed by atoms with Crippen molar-refractivity contribution in [3.05, 3.63) is 0 Å². The zero-order valence-electron chi connectivity index (χ0n) is 14.5. The van der Waals surface area contributed by atoms with E-state index >= 15 is 0 Å². The molecule has 1 atom stereocenters. The summed E-state index contributed by atoms with van der Waals surface area (Å²) in [7, 11) is 4.34. The second-order valence-corrected chi connectivity index (χ2v) is 7.44. The molecule has 0 aromatic carbocycles. The fourth-order valence-corrected chi connectivity index (χ4v) is 3.50. The lowest BCUT2D eigenvalue weighted by molar-refractivity contribution is -0.0115. The highest BCUT2D eigenvalue weighted by Crippen LogP contribution is 2.33. The first-order chi connectivity index (χ1) is 10.0. The average molecular weight is 297 g/mol. The summed E-state index contributed by atoms with van der Waals surface area (Å²) < 4.78 is 5.63. The van der Waals surface area contributed by atoms with E-state index in [1.807, 2.05) is 0 Å². The third-order valence-electron chi connectivity index (χ3n) is 5.09. The van der Waals surface area contributed by atoms with Crippen LogP contribution >= 0.6 is 0 Å². The molecule has 1 unspecified atom stereocenters. The van der Waals surface area contributed by atoms with Gasteiger partial charge in [-0.2, -0.15) is 0 Å². The monoisotopic (exact) mass is 297 g/mol. The standard InChI is InChI=1S/C17H35N3O/c1-5-20(15(2)12-19(3)4)14-17(8-10-21-11-9-17)13-18-16-6-7-16/h15-16,18H,5-14H2,1-4H3. The highest BCUT2D eigenvalue weighted by molar-refractivity contribution is 4.92. The molecule has 2 rings (SSSR count). The van der Waals surface area contributed by atoms with Gasteiger partial charge in [0.05, 0.1) is 0 Å². The van der Waals surface area contributed by atoms with Crippen molar-refractivity contribution in [1.29, 1.82) is 0 Å². The second kappa shape index (κ2) is 7.91. The van der Waals surface area contributed by atoms with Crippen LogP contribution in [-0.2, 0) is 4.74 Å². The lowest BCUT2D eigenvalue weighted by Gasteiger charge is -2.43. The Bertz CT molecular complexity index is 298. The second-order valence-electron chi connectivity index (χ2n) is 7.44. The highest BCUT2D eigenvalue weighted by Gasteiger charge is 2.36. The van der Waals surface area contributed by atoms with Crippen LogP contribution in [0.4, 0.5) is 0 Å². The molecule has 21 heavy (non-hydrogen) atoms. The number of nitrogens with one attached hydrogen (secondary N) is 1. The van der Waals surface area contributed by atoms with Gasteiger partial charge in [-0.25, -0.2) is 0 Å². The molecule has 0 bridgehead atoms. The summed E-state index contributed by atoms with van der Waals surface area (Å²) in [5.41, 5.74) is 0.414. The Morgan fingerprint density at radius 3 is 2.43 bits per heavy atom. The summed E-state index contributed by atoms with van der Waals surface area (Å²) in [6.45, 7) is 11.2. The zero-order chi connectivity index (χ0) is 15.3. The van der Waals surface area contributed by atoms with E-state index in [2.05, 4.69) is 43.1 Å². The van der Waals surface area contributed by atoms with Gasteiger partial charge in [-0.3, -0.25) is 4.90 Å². The van der Waals surface area contributed by atoms with Gasteiger partial charge >= 0.3 is 0 Å². The van der Waals surface area contributed by atoms with Crippen LogP contribution in [0.5, 0.6) is 0 Å². The summed E-state index contributed by atoms with van der Waals surface area (Å²) in [6, 6.07) is 1.42. The van der Waals surface area contributed by atoms with E-state index in [0.717, 1.165) is 32.3 Å². The lowest BCUT2D eigenvalue weighted by atomic mass is 9.79. The summed E-state index contributed by atoms with van der Waals surface area (Å²) in [5.74, 6) is 0. The predicted octanol–water partition coefficient (Wildman–Crippen LogP) is 1.81. The first-order valence-corrected chi connectivity index (χ1v) is 8.74. The molecule has 0 amide bonds. The molecular formula is C17H35N3O. The quantitative estimate of drug-likeness (QED) is 0.702. The van der Waals surface area contributed by atoms with E-state index in [4.69, 9.17) is 4.74 Å². The van der Waals surface area contributed by atoms with Crippen molar-refractivity contribution in [2.45, 2.75) is 51.6 Å². The molecule has 2 fully saturated rings. The van der Waals surface area contributed by atoms with E-state index in [0.29, 0.717) is 11.5 Å². The molecule has 1 saturated heterocycles. The zero-order valence-corrected chi connectivity index (χ0v) is 14.5. The average Bonchev–Trinajstić information content (AvgIpc) is 3.27. The van der Waals surface area contributed by atoms with Crippen molar-refractivity contribution < 1.29 is 4.74 Å². The predicted molar refractivity (Wildman–Crippen MR) is 88.8 cm³/mol. The maximum Gasteiger partial charge on any atom is 0.0472 e. The Hall–Kier alpha value is -0.160. The maximum atomic E-state index is 5.63. The number of hydrogen-bond donors (Lipinski definition) is 1. The van der Waals surface area contributed by atoms with Gasteiger partial charge in [-0.05, 0) is 58.7 Å². The van der Waals surface area contributed by atoms with Crippen molar-refractivity contribution >= 4 is 0 Å². The van der Waals surface area contributed by atoms with Gasteiger partial charge in [0.2, 0.25) is 0 Å². The van der Waals surface area contributed by atoms with Gasteiger partial charge in [-0.15, -0.1) is 0 Å². The van der Waals surface area contributed by atoms with Crippen LogP contribution in [0.1, 0.15) is 39.5 Å². The summed E-state index contributed by atoms with van der Waals surface area (Å²) in [4.78, 5) is 4.96. The lowest BCUT2D eigenvalue weighted by Crippen LogP contribution is -2.51. The third kappa shape index (κ3) is 5.51. The number of ether oxygens (including phenoxy) is 1. The molecule has 1 aliphatic heterocycles. The maximum absolute atomic E-state index is 5.63. The number of likely N-dealkylation sites (N-methyl/N-ethyl adjacent to an activating group) is 2. The molecule has 4 heteroatoms. The van der Waals surface area contributed by atoms with Crippen molar-refractivity contribution in [1.82, 2.24) is 15.1 Å². The summed E-state index contributed by atoms with van der Waals surface area (Å²) >= 11 is 0. The van der Waals surface area contributed by atoms with Crippen LogP contribution in [0.3, 0.4) is 0 Å². The Morgan fingerprint density at radius 2 is 1.90 bits per heavy atom. The van der Waals surface area contributed by atoms with Crippen molar-refractivity contribution in [3.63, 3.8) is 0 Å². The number of nitrogens with zero attached hydrogens (tertiary/aromatic N) is 2. The first-order valence-electron chi connectivity index (χ1n) is 8.74. The van der Waals surface area contributed by atoms with E-state index in [1.165, 1.54) is 38.8 Å². The highest BCUT2D eigenvalue weighted by atomic mass is 16.5. The van der Waals surface area contributed by atoms with Gasteiger partial charge in [-0.1, -0.05) is 6.92 Å². The molecule has 1 aliphatic carbocycles. The molecule has 0 radical (unpaired) electrons. The van der Waals surface area contributed by atoms with Crippen LogP contribution in [0, 0.1) is 5.41 Å². The van der Waals surface area contributed by atoms with E-state index < -0.39 is 0 Å². The van der Waals surface area contributed by atoms with Gasteiger partial charge in [0, 0.05) is 44.9 Å². The van der Waals surface area contributed by atoms with Gasteiger partial charge in [0.15, 0.2) is 0 Å². The molecule has 1 saturated carbocycles. The van der Waals surface area contributed by atoms with Crippen LogP contribution in [-0.4, -0.2) is 75.4 Å². The van der Waals surface area contributed by atoms with E-state index in [9.17, 15) is 0 Å². The Labute approximate surface area is 131 Å². The molecular weight excluding hydrogens is 262 g/mol. The van der Waals surface area contributed by atoms with Crippen LogP contribution in [0.25, 0.3) is 0 Å². The molecule has 4 nitrogen and oxygen atoms in total. The molecule has 0 spiro atoms. The van der Waals surface area contributed by atoms with Crippen molar-refractivity contribution in [2.24, 2.45) is 5.41 Å². The normalized spacial score (nSPS) is 23.7. The Balaban J connectivity index is 1.93. The van der Waals surface area contributed by atoms with Gasteiger partial charge in [0.1, 0.15) is 0 Å². The van der Waals surface area contributed by atoms with Crippen LogP contribution in [0.15, 0.2) is 0 Å². The molecule has 124 valence electrons. The van der Waals surface area contributed by atoms with E-state index in [-0.39, 0.29) is 0 Å². The largest absolute Gasteiger partial charge is 0.381 e. The fraction of sp³-hybridized carbons (Fsp3) is 1.00. The molecule has 0 aromatic rings. The molecule has 1 N–H and O–H groups in total. The van der Waals surface area contributed by atoms with Crippen molar-refractivity contribution in [2.75, 3.05) is 53.5 Å². The van der Waals surface area contributed by atoms with Gasteiger partial charge < -0.3 is 15.0 Å². The molecule has 2 aliphatic rings. The smallest absolute Gasteiger partial charge is 0.0472 e. The molecule has 1 heterocycles. The Kier molecular flexibility index (Phi) is 6.48. The topological polar surface area (TPSA) is 27.7 Å². The summed E-state index contributed by atoms with van der Waals surface area (Å²) in [6.07, 6.45) is 5.16. The van der Waals surface area contributed by atoms with Gasteiger partial charge in [0.25, 0.3) is 0 Å². The number of rotatable bonds is 9. The van der Waals surface area contributed by atoms with Crippen LogP contribution < -0.4 is 5.32 Å². The SMILES string of the molecule is CCN(CC1(CNC2CC2)CCOCC1)C(C)CN(C)C. The number of hydrogen-bond acceptors (Lipinski definition) is 4. The van der Waals surface area contributed by atoms with Crippen LogP contribution in [0.2, 0.25) is 0 Å². The minimum absolute atomic E-state index is 0.414. The third-order valence-corrected chi connectivity index (χ3v) is 5.09. The minimum atomic E-state index is 0.414. The minimum Gasteiger partial charge on any atom is -0.381 e. The fourth-order valence-electron chi connectivity index (χ4n) is 3.50. The summed E-state index contributed by atoms with van der Waals surface area (Å²) in [5, 5.41) is 3.78. The van der Waals surface area contributed by atoms with Crippen molar-refractivity contribution in [3.8, 4) is 0 Å². The molecule has 0 aromatic heterocycles.